The van der Waals surface area contributed by atoms with E-state index < -0.39 is 6.10 Å². The fraction of sp³-hybridized carbons (Fsp3) is 0.871. The summed E-state index contributed by atoms with van der Waals surface area (Å²) in [5, 5.41) is 0. The fourth-order valence-electron chi connectivity index (χ4n) is 10.2. The van der Waals surface area contributed by atoms with E-state index in [4.69, 9.17) is 14.2 Å². The van der Waals surface area contributed by atoms with Crippen molar-refractivity contribution in [2.45, 2.75) is 380 Å². The Morgan fingerprint density at radius 1 is 0.263 bits per heavy atom. The summed E-state index contributed by atoms with van der Waals surface area (Å²) >= 11 is 0. The first kappa shape index (κ1) is 73.6. The van der Waals surface area contributed by atoms with E-state index in [1.165, 1.54) is 263 Å². The summed E-state index contributed by atoms with van der Waals surface area (Å²) < 4.78 is 16.9. The maximum absolute atomic E-state index is 12.9. The first-order chi connectivity index (χ1) is 37.5. The van der Waals surface area contributed by atoms with Gasteiger partial charge in [0.1, 0.15) is 13.2 Å². The second-order valence-electron chi connectivity index (χ2n) is 23.1. The summed E-state index contributed by atoms with van der Waals surface area (Å²) in [6, 6.07) is 0. The van der Waals surface area contributed by atoms with Crippen LogP contribution in [-0.4, -0.2) is 37.2 Å². The molecule has 0 bridgehead atoms. The van der Waals surface area contributed by atoms with E-state index in [9.17, 15) is 14.4 Å². The fourth-order valence-corrected chi connectivity index (χ4v) is 10.2. The molecule has 0 aromatic rings. The quantitative estimate of drug-likeness (QED) is 0.0261. The summed E-state index contributed by atoms with van der Waals surface area (Å²) in [7, 11) is 0. The van der Waals surface area contributed by atoms with Gasteiger partial charge in [-0.3, -0.25) is 14.4 Å². The van der Waals surface area contributed by atoms with Crippen molar-refractivity contribution in [3.63, 3.8) is 0 Å². The summed E-state index contributed by atoms with van der Waals surface area (Å²) in [6.45, 7) is 6.67. The molecule has 0 aliphatic carbocycles. The highest BCUT2D eigenvalue weighted by atomic mass is 16.6. The van der Waals surface area contributed by atoms with Gasteiger partial charge in [0, 0.05) is 19.3 Å². The van der Waals surface area contributed by atoms with Gasteiger partial charge in [0.2, 0.25) is 0 Å². The van der Waals surface area contributed by atoms with Crippen LogP contribution in [0.25, 0.3) is 0 Å². The van der Waals surface area contributed by atoms with Crippen LogP contribution in [0.15, 0.2) is 36.5 Å². The molecule has 0 aromatic heterocycles. The Hall–Kier alpha value is -2.37. The number of allylic oxidation sites excluding steroid dienone is 6. The van der Waals surface area contributed by atoms with Crippen LogP contribution in [0.3, 0.4) is 0 Å². The van der Waals surface area contributed by atoms with Gasteiger partial charge in [0.15, 0.2) is 6.10 Å². The van der Waals surface area contributed by atoms with Crippen LogP contribution >= 0.6 is 0 Å². The Bertz CT molecular complexity index is 1270. The molecule has 0 heterocycles. The van der Waals surface area contributed by atoms with Gasteiger partial charge in [-0.25, -0.2) is 0 Å². The smallest absolute Gasteiger partial charge is 0.306 e. The number of carbonyl (C=O) groups excluding carboxylic acids is 3. The van der Waals surface area contributed by atoms with Crippen molar-refractivity contribution in [2.75, 3.05) is 13.2 Å². The molecule has 0 spiro atoms. The number of esters is 3. The van der Waals surface area contributed by atoms with Crippen LogP contribution in [0.5, 0.6) is 0 Å². The van der Waals surface area contributed by atoms with Crippen molar-refractivity contribution in [1.82, 2.24) is 0 Å². The van der Waals surface area contributed by atoms with Crippen molar-refractivity contribution in [3.8, 4) is 0 Å². The lowest BCUT2D eigenvalue weighted by Crippen LogP contribution is -2.30. The highest BCUT2D eigenvalue weighted by Gasteiger charge is 2.19. The van der Waals surface area contributed by atoms with Crippen molar-refractivity contribution >= 4 is 17.9 Å². The molecule has 6 heteroatoms. The molecule has 76 heavy (non-hydrogen) atoms. The average molecular weight is 1070 g/mol. The standard InChI is InChI=1S/C70H130O6/c1-4-7-10-13-16-19-22-25-27-29-30-31-32-33-34-35-36-37-38-39-40-41-43-45-48-51-54-57-60-63-69(72)75-66-67(65-74-68(71)62-59-56-53-50-47-44-24-21-18-15-12-9-6-3)76-70(73)64-61-58-55-52-49-46-42-28-26-23-20-17-14-11-8-5-2/h21-22,24-25,29-30,67H,4-20,23,26-28,31-66H2,1-3H3/b24-21-,25-22-,30-29-. The van der Waals surface area contributed by atoms with E-state index in [-0.39, 0.29) is 31.1 Å². The number of ether oxygens (including phenoxy) is 3. The largest absolute Gasteiger partial charge is 0.462 e. The zero-order chi connectivity index (χ0) is 55.0. The predicted octanol–water partition coefficient (Wildman–Crippen LogP) is 23.2. The zero-order valence-corrected chi connectivity index (χ0v) is 51.3. The molecule has 1 atom stereocenters. The molecule has 0 aromatic carbocycles. The monoisotopic (exact) mass is 1070 g/mol. The molecule has 0 N–H and O–H groups in total. The van der Waals surface area contributed by atoms with E-state index in [1.807, 2.05) is 0 Å². The molecule has 0 fully saturated rings. The van der Waals surface area contributed by atoms with Crippen LogP contribution < -0.4 is 0 Å². The normalized spacial score (nSPS) is 12.2. The van der Waals surface area contributed by atoms with Gasteiger partial charge < -0.3 is 14.2 Å². The molecule has 0 radical (unpaired) electrons. The lowest BCUT2D eigenvalue weighted by Gasteiger charge is -2.18. The van der Waals surface area contributed by atoms with Gasteiger partial charge in [0.25, 0.3) is 0 Å². The van der Waals surface area contributed by atoms with E-state index in [2.05, 4.69) is 57.2 Å². The maximum atomic E-state index is 12.9. The topological polar surface area (TPSA) is 78.9 Å². The van der Waals surface area contributed by atoms with Crippen molar-refractivity contribution in [2.24, 2.45) is 0 Å². The Morgan fingerprint density at radius 2 is 0.474 bits per heavy atom. The highest BCUT2D eigenvalue weighted by molar-refractivity contribution is 5.71. The predicted molar refractivity (Wildman–Crippen MR) is 330 cm³/mol. The maximum Gasteiger partial charge on any atom is 0.306 e. The molecule has 0 saturated heterocycles. The van der Waals surface area contributed by atoms with Crippen LogP contribution in [0.1, 0.15) is 374 Å². The Balaban J connectivity index is 4.17. The third-order valence-electron chi connectivity index (χ3n) is 15.4. The minimum absolute atomic E-state index is 0.0691. The van der Waals surface area contributed by atoms with Crippen molar-refractivity contribution in [1.29, 1.82) is 0 Å². The van der Waals surface area contributed by atoms with Crippen LogP contribution in [-0.2, 0) is 28.6 Å². The summed E-state index contributed by atoms with van der Waals surface area (Å²) in [5.41, 5.74) is 0. The third-order valence-corrected chi connectivity index (χ3v) is 15.4. The lowest BCUT2D eigenvalue weighted by atomic mass is 10.0. The number of rotatable bonds is 63. The van der Waals surface area contributed by atoms with Gasteiger partial charge >= 0.3 is 17.9 Å². The average Bonchev–Trinajstić information content (AvgIpc) is 3.42. The van der Waals surface area contributed by atoms with Crippen LogP contribution in [0, 0.1) is 0 Å². The van der Waals surface area contributed by atoms with Crippen LogP contribution in [0.2, 0.25) is 0 Å². The SMILES string of the molecule is CCCCCC/C=C\CCCCCCCC(=O)OCC(COC(=O)CCCCCCCCCCCCCCCCCCC/C=C\C/C=C\CCCCCCC)OC(=O)CCCCCCCCCCCCCCCCCC. The molecule has 0 saturated carbocycles. The van der Waals surface area contributed by atoms with E-state index in [0.29, 0.717) is 19.3 Å². The molecular formula is C70H130O6. The molecule has 0 aliphatic heterocycles. The Kier molecular flexibility index (Phi) is 63.1. The number of carbonyl (C=O) groups is 3. The third kappa shape index (κ3) is 62.5. The van der Waals surface area contributed by atoms with Crippen molar-refractivity contribution < 1.29 is 28.6 Å². The van der Waals surface area contributed by atoms with E-state index in [1.54, 1.807) is 0 Å². The second-order valence-corrected chi connectivity index (χ2v) is 23.1. The van der Waals surface area contributed by atoms with E-state index >= 15 is 0 Å². The number of unbranched alkanes of at least 4 members (excludes halogenated alkanes) is 46. The van der Waals surface area contributed by atoms with Gasteiger partial charge in [-0.2, -0.15) is 0 Å². The lowest BCUT2D eigenvalue weighted by molar-refractivity contribution is -0.167. The molecular weight excluding hydrogens is 937 g/mol. The van der Waals surface area contributed by atoms with Gasteiger partial charge in [-0.1, -0.05) is 314 Å². The molecule has 0 amide bonds. The molecule has 6 nitrogen and oxygen atoms in total. The van der Waals surface area contributed by atoms with Crippen molar-refractivity contribution in [3.05, 3.63) is 36.5 Å². The van der Waals surface area contributed by atoms with Gasteiger partial charge in [-0.15, -0.1) is 0 Å². The van der Waals surface area contributed by atoms with Crippen LogP contribution in [0.4, 0.5) is 0 Å². The molecule has 446 valence electrons. The number of hydrogen-bond acceptors (Lipinski definition) is 6. The van der Waals surface area contributed by atoms with Gasteiger partial charge in [-0.05, 0) is 77.0 Å². The van der Waals surface area contributed by atoms with E-state index in [0.717, 1.165) is 70.6 Å². The van der Waals surface area contributed by atoms with Gasteiger partial charge in [0.05, 0.1) is 0 Å². The first-order valence-electron chi connectivity index (χ1n) is 34.0. The Labute approximate surface area is 474 Å². The second kappa shape index (κ2) is 65.2. The molecule has 0 aliphatic rings. The Morgan fingerprint density at radius 3 is 0.750 bits per heavy atom. The summed E-state index contributed by atoms with van der Waals surface area (Å²) in [5.74, 6) is -0.852. The zero-order valence-electron chi connectivity index (χ0n) is 51.3. The molecule has 0 rings (SSSR count). The first-order valence-corrected chi connectivity index (χ1v) is 34.0. The minimum Gasteiger partial charge on any atom is -0.462 e. The summed E-state index contributed by atoms with van der Waals surface area (Å²) in [4.78, 5) is 38.3. The number of hydrogen-bond donors (Lipinski definition) is 0. The summed E-state index contributed by atoms with van der Waals surface area (Å²) in [6.07, 6.45) is 80.3. The highest BCUT2D eigenvalue weighted by Crippen LogP contribution is 2.18. The molecule has 1 unspecified atom stereocenters. The minimum atomic E-state index is -0.772.